The summed E-state index contributed by atoms with van der Waals surface area (Å²) in [5, 5.41) is 4.97. The number of rotatable bonds is 8. The van der Waals surface area contributed by atoms with Gasteiger partial charge in [0.05, 0.1) is 29.1 Å². The first kappa shape index (κ1) is 29.7. The van der Waals surface area contributed by atoms with Crippen LogP contribution in [0, 0.1) is 5.82 Å². The van der Waals surface area contributed by atoms with Crippen molar-refractivity contribution in [2.75, 3.05) is 19.0 Å². The Labute approximate surface area is 268 Å². The standard InChI is InChI=1S/C33H30Cl2FN5O4/c1-32(2)44-28-27(41-10-9-22-29(35)38-17-39-31(22)41)11-19(33(28,3)45-32)16-43-21-12-25(36)23-14-24(34)30(40-26(23)13-21)37-15-18-5-7-20(42-4)8-6-18/h5-14,17,27-28H,15-16H2,1-4H3,(H,37,40)/t27-,28+,33-/m1/s1. The van der Waals surface area contributed by atoms with Gasteiger partial charge >= 0.3 is 0 Å². The quantitative estimate of drug-likeness (QED) is 0.136. The molecule has 0 amide bonds. The molecule has 1 saturated heterocycles. The van der Waals surface area contributed by atoms with Gasteiger partial charge in [0, 0.05) is 30.3 Å². The van der Waals surface area contributed by atoms with Gasteiger partial charge in [-0.2, -0.15) is 0 Å². The summed E-state index contributed by atoms with van der Waals surface area (Å²) in [6.07, 6.45) is 5.05. The minimum absolute atomic E-state index is 0.138. The Hall–Kier alpha value is -3.96. The molecule has 0 radical (unpaired) electrons. The summed E-state index contributed by atoms with van der Waals surface area (Å²) < 4.78 is 41.6. The number of nitrogens with one attached hydrogen (secondary N) is 1. The maximum atomic E-state index is 15.3. The summed E-state index contributed by atoms with van der Waals surface area (Å²) in [7, 11) is 1.62. The smallest absolute Gasteiger partial charge is 0.164 e. The van der Waals surface area contributed by atoms with E-state index in [4.69, 9.17) is 42.1 Å². The van der Waals surface area contributed by atoms with Crippen LogP contribution in [0.5, 0.6) is 11.5 Å². The number of pyridine rings is 1. The zero-order chi connectivity index (χ0) is 31.5. The van der Waals surface area contributed by atoms with Gasteiger partial charge in [0.2, 0.25) is 0 Å². The fourth-order valence-corrected chi connectivity index (χ4v) is 6.60. The highest BCUT2D eigenvalue weighted by molar-refractivity contribution is 6.34. The van der Waals surface area contributed by atoms with E-state index < -0.39 is 17.2 Å². The maximum absolute atomic E-state index is 15.3. The minimum atomic E-state index is -0.833. The van der Waals surface area contributed by atoms with Crippen molar-refractivity contribution in [3.63, 3.8) is 0 Å². The molecule has 0 unspecified atom stereocenters. The van der Waals surface area contributed by atoms with E-state index in [0.717, 1.165) is 22.3 Å². The van der Waals surface area contributed by atoms with E-state index in [1.54, 1.807) is 19.2 Å². The van der Waals surface area contributed by atoms with Crippen molar-refractivity contribution in [3.05, 3.63) is 94.3 Å². The average molecular weight is 651 g/mol. The molecule has 1 fully saturated rings. The minimum Gasteiger partial charge on any atom is -0.497 e. The summed E-state index contributed by atoms with van der Waals surface area (Å²) in [4.78, 5) is 13.2. The number of hydrogen-bond acceptors (Lipinski definition) is 8. The number of anilines is 1. The molecule has 0 spiro atoms. The second kappa shape index (κ2) is 11.1. The van der Waals surface area contributed by atoms with Crippen LogP contribution in [0.15, 0.2) is 72.7 Å². The molecule has 1 aliphatic carbocycles. The second-order valence-electron chi connectivity index (χ2n) is 11.7. The van der Waals surface area contributed by atoms with Crippen LogP contribution in [0.25, 0.3) is 21.9 Å². The third-order valence-electron chi connectivity index (χ3n) is 8.34. The number of ether oxygens (including phenoxy) is 4. The molecule has 2 aromatic carbocycles. The molecule has 0 saturated carbocycles. The van der Waals surface area contributed by atoms with Crippen molar-refractivity contribution >= 4 is 51.0 Å². The Bertz CT molecular complexity index is 1970. The Balaban J connectivity index is 1.15. The fourth-order valence-electron chi connectivity index (χ4n) is 6.19. The first-order valence-electron chi connectivity index (χ1n) is 14.4. The zero-order valence-electron chi connectivity index (χ0n) is 25.0. The first-order valence-corrected chi connectivity index (χ1v) is 15.2. The van der Waals surface area contributed by atoms with Gasteiger partial charge in [-0.1, -0.05) is 41.4 Å². The molecule has 1 aliphatic heterocycles. The fraction of sp³-hybridized carbons (Fsp3) is 0.303. The number of hydrogen-bond donors (Lipinski definition) is 1. The normalized spacial score (nSPS) is 22.1. The monoisotopic (exact) mass is 649 g/mol. The molecular formula is C33H30Cl2FN5O4. The second-order valence-corrected chi connectivity index (χ2v) is 12.5. The van der Waals surface area contributed by atoms with Gasteiger partial charge in [-0.3, -0.25) is 0 Å². The highest BCUT2D eigenvalue weighted by atomic mass is 35.5. The summed E-state index contributed by atoms with van der Waals surface area (Å²) >= 11 is 12.8. The number of benzene rings is 2. The van der Waals surface area contributed by atoms with Crippen molar-refractivity contribution in [1.82, 2.24) is 19.5 Å². The lowest BCUT2D eigenvalue weighted by Gasteiger charge is -2.28. The third kappa shape index (κ3) is 5.35. The van der Waals surface area contributed by atoms with E-state index in [1.165, 1.54) is 12.4 Å². The van der Waals surface area contributed by atoms with Crippen molar-refractivity contribution in [2.24, 2.45) is 0 Å². The van der Waals surface area contributed by atoms with E-state index in [0.29, 0.717) is 44.8 Å². The van der Waals surface area contributed by atoms with Crippen LogP contribution >= 0.6 is 23.2 Å². The van der Waals surface area contributed by atoms with Crippen molar-refractivity contribution in [1.29, 1.82) is 0 Å². The van der Waals surface area contributed by atoms with Crippen LogP contribution < -0.4 is 14.8 Å². The molecule has 232 valence electrons. The van der Waals surface area contributed by atoms with Crippen LogP contribution in [0.1, 0.15) is 32.4 Å². The molecule has 1 N–H and O–H groups in total. The Morgan fingerprint density at radius 2 is 1.82 bits per heavy atom. The topological polar surface area (TPSA) is 92.6 Å². The Kier molecular flexibility index (Phi) is 7.36. The summed E-state index contributed by atoms with van der Waals surface area (Å²) in [6.45, 7) is 6.37. The molecule has 3 atom stereocenters. The molecule has 2 aliphatic rings. The number of halogens is 3. The zero-order valence-corrected chi connectivity index (χ0v) is 26.5. The summed E-state index contributed by atoms with van der Waals surface area (Å²) in [5.74, 6) is 0.211. The van der Waals surface area contributed by atoms with Gasteiger partial charge in [-0.25, -0.2) is 19.3 Å². The van der Waals surface area contributed by atoms with E-state index in [9.17, 15) is 0 Å². The summed E-state index contributed by atoms with van der Waals surface area (Å²) in [6, 6.07) is 13.9. The number of methoxy groups -OCH3 is 1. The van der Waals surface area contributed by atoms with Crippen LogP contribution in [0.3, 0.4) is 0 Å². The predicted molar refractivity (Wildman–Crippen MR) is 171 cm³/mol. The van der Waals surface area contributed by atoms with Gasteiger partial charge in [-0.15, -0.1) is 0 Å². The van der Waals surface area contributed by atoms with Crippen LogP contribution in [-0.2, 0) is 16.0 Å². The highest BCUT2D eigenvalue weighted by Gasteiger charge is 2.59. The predicted octanol–water partition coefficient (Wildman–Crippen LogP) is 7.52. The number of nitrogens with zero attached hydrogens (tertiary/aromatic N) is 4. The maximum Gasteiger partial charge on any atom is 0.164 e. The molecule has 12 heteroatoms. The van der Waals surface area contributed by atoms with Crippen molar-refractivity contribution < 1.29 is 23.3 Å². The SMILES string of the molecule is COc1ccc(CNc2nc3cc(OCC4=C[C@@H](n5ccc6c(Cl)ncnc65)[C@@H]5OC(C)(C)O[C@]45C)cc(F)c3cc2Cl)cc1. The highest BCUT2D eigenvalue weighted by Crippen LogP contribution is 2.51. The van der Waals surface area contributed by atoms with Gasteiger partial charge < -0.3 is 28.8 Å². The van der Waals surface area contributed by atoms with Gasteiger partial charge in [0.25, 0.3) is 0 Å². The van der Waals surface area contributed by atoms with Crippen LogP contribution in [0.2, 0.25) is 10.2 Å². The van der Waals surface area contributed by atoms with Gasteiger partial charge in [-0.05, 0) is 56.2 Å². The molecule has 45 heavy (non-hydrogen) atoms. The van der Waals surface area contributed by atoms with Crippen molar-refractivity contribution in [2.45, 2.75) is 50.8 Å². The van der Waals surface area contributed by atoms with E-state index in [1.807, 2.05) is 61.9 Å². The van der Waals surface area contributed by atoms with Gasteiger partial charge in [0.1, 0.15) is 58.6 Å². The van der Waals surface area contributed by atoms with Crippen molar-refractivity contribution in [3.8, 4) is 11.5 Å². The van der Waals surface area contributed by atoms with Crippen LogP contribution in [0.4, 0.5) is 10.2 Å². The Morgan fingerprint density at radius 1 is 1.02 bits per heavy atom. The Morgan fingerprint density at radius 3 is 2.60 bits per heavy atom. The lowest BCUT2D eigenvalue weighted by atomic mass is 9.95. The molecule has 9 nitrogen and oxygen atoms in total. The molecule has 5 aromatic rings. The average Bonchev–Trinajstić information content (AvgIpc) is 3.63. The van der Waals surface area contributed by atoms with E-state index in [2.05, 4.69) is 26.3 Å². The molecule has 0 bridgehead atoms. The van der Waals surface area contributed by atoms with Gasteiger partial charge in [0.15, 0.2) is 5.79 Å². The van der Waals surface area contributed by atoms with E-state index >= 15 is 4.39 Å². The summed E-state index contributed by atoms with van der Waals surface area (Å²) in [5.41, 5.74) is 2.16. The lowest BCUT2D eigenvalue weighted by molar-refractivity contribution is -0.158. The first-order chi connectivity index (χ1) is 21.5. The lowest BCUT2D eigenvalue weighted by Crippen LogP contribution is -2.39. The molecule has 3 aromatic heterocycles. The number of fused-ring (bicyclic) bond motifs is 3. The van der Waals surface area contributed by atoms with E-state index in [-0.39, 0.29) is 18.8 Å². The molecule has 4 heterocycles. The van der Waals surface area contributed by atoms with Crippen LogP contribution in [-0.4, -0.2) is 50.7 Å². The molecule has 7 rings (SSSR count). The largest absolute Gasteiger partial charge is 0.497 e. The third-order valence-corrected chi connectivity index (χ3v) is 8.93. The molecular weight excluding hydrogens is 620 g/mol. The number of aromatic nitrogens is 4.